The smallest absolute Gasteiger partial charge is 0.275 e. The van der Waals surface area contributed by atoms with E-state index in [0.29, 0.717) is 30.0 Å². The van der Waals surface area contributed by atoms with Crippen molar-refractivity contribution in [1.29, 1.82) is 0 Å². The van der Waals surface area contributed by atoms with Crippen molar-refractivity contribution < 1.29 is 14.0 Å². The number of halogens is 1. The van der Waals surface area contributed by atoms with Gasteiger partial charge in [-0.2, -0.15) is 0 Å². The summed E-state index contributed by atoms with van der Waals surface area (Å²) in [5.74, 6) is -0.147. The van der Waals surface area contributed by atoms with Gasteiger partial charge in [-0.25, -0.2) is 19.3 Å². The fourth-order valence-electron chi connectivity index (χ4n) is 4.86. The van der Waals surface area contributed by atoms with Gasteiger partial charge in [-0.05, 0) is 19.8 Å². The molecule has 32 heavy (non-hydrogen) atoms. The number of rotatable bonds is 4. The first-order valence-electron chi connectivity index (χ1n) is 10.8. The summed E-state index contributed by atoms with van der Waals surface area (Å²) >= 11 is 0. The lowest BCUT2D eigenvalue weighted by Crippen LogP contribution is -2.34. The third kappa shape index (κ3) is 3.22. The number of amides is 2. The van der Waals surface area contributed by atoms with Gasteiger partial charge in [0.2, 0.25) is 5.91 Å². The van der Waals surface area contributed by atoms with Crippen LogP contribution in [0.2, 0.25) is 0 Å². The van der Waals surface area contributed by atoms with E-state index >= 15 is 0 Å². The number of hydrogen-bond acceptors (Lipinski definition) is 6. The molecule has 2 aliphatic heterocycles. The lowest BCUT2D eigenvalue weighted by atomic mass is 10.0. The molecule has 3 fully saturated rings. The van der Waals surface area contributed by atoms with Crippen LogP contribution in [0.15, 0.2) is 30.9 Å². The van der Waals surface area contributed by atoms with E-state index < -0.39 is 11.7 Å². The topological polar surface area (TPSA) is 95.7 Å². The minimum absolute atomic E-state index is 0.0250. The zero-order valence-corrected chi connectivity index (χ0v) is 17.5. The second-order valence-corrected chi connectivity index (χ2v) is 8.90. The minimum Gasteiger partial charge on any atom is -0.319 e. The number of carbonyl (C=O) groups excluding carboxylic acids is 2. The molecule has 6 rings (SSSR count). The van der Waals surface area contributed by atoms with Crippen LogP contribution < -0.4 is 10.2 Å². The first-order valence-corrected chi connectivity index (χ1v) is 10.8. The molecular formula is C22H22FN7O2. The predicted octanol–water partition coefficient (Wildman–Crippen LogP) is 1.88. The Labute approximate surface area is 183 Å². The Balaban J connectivity index is 1.15. The van der Waals surface area contributed by atoms with E-state index in [0.717, 1.165) is 13.1 Å². The summed E-state index contributed by atoms with van der Waals surface area (Å²) in [5, 5.41) is 2.64. The van der Waals surface area contributed by atoms with E-state index in [1.165, 1.54) is 35.7 Å². The molecule has 10 heteroatoms. The van der Waals surface area contributed by atoms with Crippen LogP contribution in [-0.4, -0.2) is 61.7 Å². The first-order chi connectivity index (χ1) is 15.5. The molecule has 2 atom stereocenters. The molecule has 3 aliphatic rings. The van der Waals surface area contributed by atoms with Crippen LogP contribution in [0.3, 0.4) is 0 Å². The van der Waals surface area contributed by atoms with Crippen molar-refractivity contribution in [2.24, 2.45) is 11.8 Å². The molecule has 1 saturated carbocycles. The molecule has 5 heterocycles. The average Bonchev–Trinajstić information content (AvgIpc) is 3.31. The van der Waals surface area contributed by atoms with Gasteiger partial charge in [-0.3, -0.25) is 19.4 Å². The van der Waals surface area contributed by atoms with Gasteiger partial charge in [0.05, 0.1) is 29.7 Å². The molecule has 0 bridgehead atoms. The number of carbonyl (C=O) groups is 2. The molecule has 1 aliphatic carbocycles. The summed E-state index contributed by atoms with van der Waals surface area (Å²) in [6, 6.07) is 1.89. The van der Waals surface area contributed by atoms with Crippen molar-refractivity contribution in [3.05, 3.63) is 48.1 Å². The van der Waals surface area contributed by atoms with Crippen LogP contribution in [0.25, 0.3) is 5.65 Å². The number of aryl methyl sites for hydroxylation is 1. The number of fused-ring (bicyclic) bond motifs is 2. The molecule has 3 aromatic heterocycles. The molecule has 0 aromatic carbocycles. The Morgan fingerprint density at radius 1 is 1.16 bits per heavy atom. The maximum absolute atomic E-state index is 14.2. The van der Waals surface area contributed by atoms with E-state index in [1.807, 2.05) is 0 Å². The van der Waals surface area contributed by atoms with Gasteiger partial charge < -0.3 is 9.72 Å². The number of likely N-dealkylation sites (tertiary alicyclic amines) is 1. The third-order valence-corrected chi connectivity index (χ3v) is 6.56. The molecule has 2 unspecified atom stereocenters. The molecule has 1 N–H and O–H groups in total. The van der Waals surface area contributed by atoms with Crippen molar-refractivity contribution in [3.8, 4) is 0 Å². The molecule has 2 saturated heterocycles. The van der Waals surface area contributed by atoms with Crippen LogP contribution in [0, 0.1) is 24.6 Å². The Bertz CT molecular complexity index is 1240. The Kier molecular flexibility index (Phi) is 4.26. The summed E-state index contributed by atoms with van der Waals surface area (Å²) in [4.78, 5) is 42.2. The summed E-state index contributed by atoms with van der Waals surface area (Å²) < 4.78 is 15.8. The monoisotopic (exact) mass is 435 g/mol. The van der Waals surface area contributed by atoms with E-state index in [4.69, 9.17) is 0 Å². The largest absolute Gasteiger partial charge is 0.319 e. The number of pyridine rings is 1. The summed E-state index contributed by atoms with van der Waals surface area (Å²) in [5.41, 5.74) is 1.24. The van der Waals surface area contributed by atoms with Gasteiger partial charge >= 0.3 is 0 Å². The molecular weight excluding hydrogens is 413 g/mol. The van der Waals surface area contributed by atoms with Crippen LogP contribution >= 0.6 is 0 Å². The first kappa shape index (κ1) is 19.3. The summed E-state index contributed by atoms with van der Waals surface area (Å²) in [6.07, 6.45) is 8.55. The highest BCUT2D eigenvalue weighted by molar-refractivity contribution is 6.03. The van der Waals surface area contributed by atoms with Gasteiger partial charge in [0.1, 0.15) is 5.69 Å². The maximum Gasteiger partial charge on any atom is 0.275 e. The average molecular weight is 435 g/mol. The van der Waals surface area contributed by atoms with Crippen LogP contribution in [0.1, 0.15) is 29.0 Å². The minimum atomic E-state index is -0.532. The van der Waals surface area contributed by atoms with Crippen molar-refractivity contribution in [3.63, 3.8) is 0 Å². The second kappa shape index (κ2) is 7.06. The lowest BCUT2D eigenvalue weighted by molar-refractivity contribution is -0.120. The van der Waals surface area contributed by atoms with Gasteiger partial charge in [-0.1, -0.05) is 0 Å². The molecule has 2 amide bonds. The fraction of sp³-hybridized carbons (Fsp3) is 0.409. The Morgan fingerprint density at radius 3 is 2.72 bits per heavy atom. The van der Waals surface area contributed by atoms with Gasteiger partial charge in [0.25, 0.3) is 5.91 Å². The van der Waals surface area contributed by atoms with Crippen LogP contribution in [0.4, 0.5) is 15.9 Å². The number of imidazole rings is 1. The molecule has 0 spiro atoms. The standard InChI is InChI=1S/C22H22FN7O2/c1-12-7-29-10-14(4-17(23)20(29)26-12)27-21(31)18-5-25-19(6-24-18)30-9-13-8-28(15-2-3-15)11-16(13)22(30)32/h4-7,10,13,15-16H,2-3,8-9,11H2,1H3,(H,27,31). The molecule has 9 nitrogen and oxygen atoms in total. The lowest BCUT2D eigenvalue weighted by Gasteiger charge is -2.20. The highest BCUT2D eigenvalue weighted by atomic mass is 19.1. The summed E-state index contributed by atoms with van der Waals surface area (Å²) in [6.45, 7) is 4.19. The normalized spacial score (nSPS) is 23.2. The highest BCUT2D eigenvalue weighted by Crippen LogP contribution is 2.39. The second-order valence-electron chi connectivity index (χ2n) is 8.90. The third-order valence-electron chi connectivity index (χ3n) is 6.56. The van der Waals surface area contributed by atoms with Gasteiger partial charge in [-0.15, -0.1) is 0 Å². The van der Waals surface area contributed by atoms with E-state index in [2.05, 4.69) is 25.2 Å². The number of hydrogen-bond donors (Lipinski definition) is 1. The Morgan fingerprint density at radius 2 is 2.00 bits per heavy atom. The summed E-state index contributed by atoms with van der Waals surface area (Å²) in [7, 11) is 0. The highest BCUT2D eigenvalue weighted by Gasteiger charge is 2.49. The Hall–Kier alpha value is -3.40. The molecule has 0 radical (unpaired) electrons. The number of nitrogens with zero attached hydrogens (tertiary/aromatic N) is 6. The van der Waals surface area contributed by atoms with E-state index in [-0.39, 0.29) is 28.9 Å². The van der Waals surface area contributed by atoms with Crippen molar-refractivity contribution in [2.45, 2.75) is 25.8 Å². The fourth-order valence-corrected chi connectivity index (χ4v) is 4.86. The zero-order chi connectivity index (χ0) is 22.0. The van der Waals surface area contributed by atoms with Crippen molar-refractivity contribution in [1.82, 2.24) is 24.3 Å². The maximum atomic E-state index is 14.2. The number of nitrogens with one attached hydrogen (secondary N) is 1. The van der Waals surface area contributed by atoms with Gasteiger partial charge in [0.15, 0.2) is 17.3 Å². The van der Waals surface area contributed by atoms with Crippen molar-refractivity contribution >= 4 is 29.0 Å². The SMILES string of the molecule is Cc1cn2cc(NC(=O)c3cnc(N4CC5CN(C6CC6)CC5C4=O)cn3)cc(F)c2n1. The quantitative estimate of drug-likeness (QED) is 0.672. The van der Waals surface area contributed by atoms with E-state index in [9.17, 15) is 14.0 Å². The number of anilines is 2. The predicted molar refractivity (Wildman–Crippen MR) is 114 cm³/mol. The molecule has 3 aromatic rings. The van der Waals surface area contributed by atoms with Gasteiger partial charge in [0, 0.05) is 50.1 Å². The van der Waals surface area contributed by atoms with Crippen LogP contribution in [0.5, 0.6) is 0 Å². The van der Waals surface area contributed by atoms with Crippen molar-refractivity contribution in [2.75, 3.05) is 29.9 Å². The van der Waals surface area contributed by atoms with E-state index in [1.54, 1.807) is 24.2 Å². The number of aromatic nitrogens is 4. The van der Waals surface area contributed by atoms with Crippen LogP contribution in [-0.2, 0) is 4.79 Å². The zero-order valence-electron chi connectivity index (χ0n) is 17.5. The molecule has 164 valence electrons.